The van der Waals surface area contributed by atoms with Crippen molar-refractivity contribution in [2.24, 2.45) is 0 Å². The smallest absolute Gasteiger partial charge is 0.194 e. The Hall–Kier alpha value is -1.02. The zero-order chi connectivity index (χ0) is 12.2. The van der Waals surface area contributed by atoms with E-state index < -0.39 is 0 Å². The van der Waals surface area contributed by atoms with Crippen molar-refractivity contribution < 1.29 is 4.79 Å². The largest absolute Gasteiger partial charge is 0.289 e. The lowest BCUT2D eigenvalue weighted by molar-refractivity contribution is 0.104. The fraction of sp³-hybridized carbons (Fsp3) is 0. The standard InChI is InChI=1S/C13H5Cl3O/c14-6-1-2-7-8-4-11(15)12(16)5-10(8)13(17)9(7)3-6/h1-5H. The van der Waals surface area contributed by atoms with E-state index in [0.717, 1.165) is 11.1 Å². The first kappa shape index (κ1) is 11.1. The van der Waals surface area contributed by atoms with E-state index in [2.05, 4.69) is 0 Å². The number of rotatable bonds is 0. The lowest BCUT2D eigenvalue weighted by Crippen LogP contribution is -1.94. The van der Waals surface area contributed by atoms with Crippen LogP contribution in [0, 0.1) is 0 Å². The molecule has 1 aliphatic rings. The second kappa shape index (κ2) is 3.74. The maximum absolute atomic E-state index is 12.1. The van der Waals surface area contributed by atoms with Crippen molar-refractivity contribution in [2.75, 3.05) is 0 Å². The first-order valence-electron chi connectivity index (χ1n) is 4.91. The molecule has 3 rings (SSSR count). The van der Waals surface area contributed by atoms with E-state index in [1.807, 2.05) is 6.07 Å². The summed E-state index contributed by atoms with van der Waals surface area (Å²) >= 11 is 17.8. The molecule has 0 aromatic heterocycles. The zero-order valence-electron chi connectivity index (χ0n) is 8.43. The molecule has 4 heteroatoms. The third kappa shape index (κ3) is 1.58. The lowest BCUT2D eigenvalue weighted by Gasteiger charge is -2.02. The molecular formula is C13H5Cl3O. The first-order chi connectivity index (χ1) is 8.08. The maximum atomic E-state index is 12.1. The minimum Gasteiger partial charge on any atom is -0.289 e. The molecule has 17 heavy (non-hydrogen) atoms. The van der Waals surface area contributed by atoms with E-state index in [4.69, 9.17) is 34.8 Å². The van der Waals surface area contributed by atoms with Crippen molar-refractivity contribution >= 4 is 40.6 Å². The fourth-order valence-corrected chi connectivity index (χ4v) is 2.54. The predicted molar refractivity (Wildman–Crippen MR) is 70.3 cm³/mol. The highest BCUT2D eigenvalue weighted by molar-refractivity contribution is 6.43. The number of carbonyl (C=O) groups is 1. The molecule has 0 saturated heterocycles. The van der Waals surface area contributed by atoms with Gasteiger partial charge in [0.2, 0.25) is 0 Å². The molecule has 0 spiro atoms. The molecule has 2 aromatic carbocycles. The third-order valence-electron chi connectivity index (χ3n) is 2.82. The van der Waals surface area contributed by atoms with Crippen LogP contribution in [-0.4, -0.2) is 5.78 Å². The number of carbonyl (C=O) groups excluding carboxylic acids is 1. The zero-order valence-corrected chi connectivity index (χ0v) is 10.7. The Bertz CT molecular complexity index is 662. The van der Waals surface area contributed by atoms with Crippen molar-refractivity contribution in [3.63, 3.8) is 0 Å². The summed E-state index contributed by atoms with van der Waals surface area (Å²) in [7, 11) is 0. The number of ketones is 1. The molecule has 2 aromatic rings. The van der Waals surface area contributed by atoms with Gasteiger partial charge in [-0.1, -0.05) is 40.9 Å². The van der Waals surface area contributed by atoms with Gasteiger partial charge >= 0.3 is 0 Å². The molecule has 0 aliphatic heterocycles. The molecule has 0 radical (unpaired) electrons. The predicted octanol–water partition coefficient (Wildman–Crippen LogP) is 4.86. The van der Waals surface area contributed by atoms with Gasteiger partial charge in [-0.25, -0.2) is 0 Å². The summed E-state index contributed by atoms with van der Waals surface area (Å²) in [6, 6.07) is 8.57. The van der Waals surface area contributed by atoms with Crippen molar-refractivity contribution in [3.05, 3.63) is 56.5 Å². The lowest BCUT2D eigenvalue weighted by atomic mass is 10.1. The summed E-state index contributed by atoms with van der Waals surface area (Å²) in [6.07, 6.45) is 0. The Morgan fingerprint density at radius 2 is 1.29 bits per heavy atom. The van der Waals surface area contributed by atoms with Gasteiger partial charge in [-0.15, -0.1) is 0 Å². The number of hydrogen-bond donors (Lipinski definition) is 0. The van der Waals surface area contributed by atoms with Gasteiger partial charge in [0, 0.05) is 16.1 Å². The van der Waals surface area contributed by atoms with E-state index in [0.29, 0.717) is 26.2 Å². The Kier molecular flexibility index (Phi) is 2.44. The number of halogens is 3. The summed E-state index contributed by atoms with van der Waals surface area (Å²) in [5, 5.41) is 1.38. The quantitative estimate of drug-likeness (QED) is 0.576. The van der Waals surface area contributed by atoms with Crippen LogP contribution >= 0.6 is 34.8 Å². The number of hydrogen-bond acceptors (Lipinski definition) is 1. The third-order valence-corrected chi connectivity index (χ3v) is 3.78. The topological polar surface area (TPSA) is 17.1 Å². The molecule has 0 unspecified atom stereocenters. The molecule has 0 N–H and O–H groups in total. The minimum atomic E-state index is -0.0592. The van der Waals surface area contributed by atoms with Crippen LogP contribution < -0.4 is 0 Å². The first-order valence-corrected chi connectivity index (χ1v) is 6.05. The Labute approximate surface area is 113 Å². The Morgan fingerprint density at radius 1 is 0.706 bits per heavy atom. The molecule has 0 saturated carbocycles. The summed E-state index contributed by atoms with van der Waals surface area (Å²) in [6.45, 7) is 0. The van der Waals surface area contributed by atoms with Gasteiger partial charge in [-0.3, -0.25) is 4.79 Å². The van der Waals surface area contributed by atoms with Crippen molar-refractivity contribution in [1.82, 2.24) is 0 Å². The highest BCUT2D eigenvalue weighted by Gasteiger charge is 2.27. The van der Waals surface area contributed by atoms with Gasteiger partial charge in [-0.05, 0) is 35.4 Å². The molecule has 0 amide bonds. The average molecular weight is 284 g/mol. The van der Waals surface area contributed by atoms with Gasteiger partial charge in [-0.2, -0.15) is 0 Å². The minimum absolute atomic E-state index is 0.0592. The summed E-state index contributed by atoms with van der Waals surface area (Å²) < 4.78 is 0. The average Bonchev–Trinajstić information content (AvgIpc) is 2.54. The highest BCUT2D eigenvalue weighted by Crippen LogP contribution is 2.41. The molecule has 0 fully saturated rings. The van der Waals surface area contributed by atoms with E-state index >= 15 is 0 Å². The van der Waals surface area contributed by atoms with E-state index in [9.17, 15) is 4.79 Å². The molecule has 1 aliphatic carbocycles. The SMILES string of the molecule is O=C1c2cc(Cl)ccc2-c2cc(Cl)c(Cl)cc21. The van der Waals surface area contributed by atoms with Crippen LogP contribution in [0.2, 0.25) is 15.1 Å². The summed E-state index contributed by atoms with van der Waals surface area (Å²) in [5.41, 5.74) is 2.85. The number of fused-ring (bicyclic) bond motifs is 3. The Morgan fingerprint density at radius 3 is 2.00 bits per heavy atom. The van der Waals surface area contributed by atoms with E-state index in [-0.39, 0.29) is 5.78 Å². The van der Waals surface area contributed by atoms with Crippen molar-refractivity contribution in [3.8, 4) is 11.1 Å². The highest BCUT2D eigenvalue weighted by atomic mass is 35.5. The second-order valence-corrected chi connectivity index (χ2v) is 5.08. The van der Waals surface area contributed by atoms with Crippen LogP contribution in [0.25, 0.3) is 11.1 Å². The molecule has 1 nitrogen and oxygen atoms in total. The van der Waals surface area contributed by atoms with Gasteiger partial charge in [0.1, 0.15) is 0 Å². The van der Waals surface area contributed by atoms with Crippen LogP contribution in [0.4, 0.5) is 0 Å². The van der Waals surface area contributed by atoms with Crippen LogP contribution in [0.5, 0.6) is 0 Å². The van der Waals surface area contributed by atoms with Gasteiger partial charge in [0.25, 0.3) is 0 Å². The van der Waals surface area contributed by atoms with Crippen LogP contribution in [-0.2, 0) is 0 Å². The van der Waals surface area contributed by atoms with Gasteiger partial charge in [0.05, 0.1) is 10.0 Å². The second-order valence-electron chi connectivity index (χ2n) is 3.83. The fourth-order valence-electron chi connectivity index (χ4n) is 2.04. The summed E-state index contributed by atoms with van der Waals surface area (Å²) in [4.78, 5) is 12.1. The summed E-state index contributed by atoms with van der Waals surface area (Å²) in [5.74, 6) is -0.0592. The van der Waals surface area contributed by atoms with Crippen LogP contribution in [0.3, 0.4) is 0 Å². The van der Waals surface area contributed by atoms with Crippen molar-refractivity contribution in [1.29, 1.82) is 0 Å². The van der Waals surface area contributed by atoms with Gasteiger partial charge < -0.3 is 0 Å². The maximum Gasteiger partial charge on any atom is 0.194 e. The van der Waals surface area contributed by atoms with E-state index in [1.165, 1.54) is 0 Å². The normalized spacial score (nSPS) is 12.5. The van der Waals surface area contributed by atoms with Crippen LogP contribution in [0.1, 0.15) is 15.9 Å². The number of benzene rings is 2. The molecule has 0 atom stereocenters. The molecular weight excluding hydrogens is 279 g/mol. The van der Waals surface area contributed by atoms with Crippen molar-refractivity contribution in [2.45, 2.75) is 0 Å². The molecule has 84 valence electrons. The molecule has 0 bridgehead atoms. The van der Waals surface area contributed by atoms with E-state index in [1.54, 1.807) is 24.3 Å². The van der Waals surface area contributed by atoms with Gasteiger partial charge in [0.15, 0.2) is 5.78 Å². The Balaban J connectivity index is 2.35. The van der Waals surface area contributed by atoms with Crippen LogP contribution in [0.15, 0.2) is 30.3 Å². The monoisotopic (exact) mass is 282 g/mol. The molecule has 0 heterocycles.